The number of hydrogen-bond donors (Lipinski definition) is 2. The number of para-hydroxylation sites is 1. The maximum atomic E-state index is 12.0. The van der Waals surface area contributed by atoms with E-state index in [0.29, 0.717) is 6.42 Å². The summed E-state index contributed by atoms with van der Waals surface area (Å²) in [4.78, 5) is 15.1. The molecule has 110 valence electrons. The molecule has 0 aliphatic rings. The Bertz CT molecular complexity index is 839. The third-order valence-electron chi connectivity index (χ3n) is 3.28. The van der Waals surface area contributed by atoms with Crippen LogP contribution in [0, 0.1) is 0 Å². The van der Waals surface area contributed by atoms with E-state index >= 15 is 0 Å². The number of benzene rings is 2. The maximum Gasteiger partial charge on any atom is 0.244 e. The van der Waals surface area contributed by atoms with Gasteiger partial charge in [-0.2, -0.15) is 5.10 Å². The Labute approximate surface area is 136 Å². The number of aromatic nitrogens is 1. The van der Waals surface area contributed by atoms with Crippen molar-refractivity contribution >= 4 is 39.0 Å². The van der Waals surface area contributed by atoms with Crippen molar-refractivity contribution in [2.45, 2.75) is 6.42 Å². The lowest BCUT2D eigenvalue weighted by Gasteiger charge is -1.99. The average Bonchev–Trinajstić information content (AvgIpc) is 2.91. The lowest BCUT2D eigenvalue weighted by Crippen LogP contribution is -2.19. The number of hydrazone groups is 1. The van der Waals surface area contributed by atoms with Crippen LogP contribution < -0.4 is 5.43 Å². The third kappa shape index (κ3) is 3.43. The first-order valence-electron chi connectivity index (χ1n) is 6.85. The second kappa shape index (κ2) is 6.58. The van der Waals surface area contributed by atoms with Crippen molar-refractivity contribution in [2.24, 2.45) is 5.10 Å². The fourth-order valence-corrected chi connectivity index (χ4v) is 2.67. The zero-order valence-corrected chi connectivity index (χ0v) is 13.3. The van der Waals surface area contributed by atoms with Gasteiger partial charge in [-0.05, 0) is 29.3 Å². The van der Waals surface area contributed by atoms with Gasteiger partial charge in [-0.1, -0.05) is 46.3 Å². The second-order valence-electron chi connectivity index (χ2n) is 4.88. The highest BCUT2D eigenvalue weighted by molar-refractivity contribution is 9.10. The predicted octanol–water partition coefficient (Wildman–Crippen LogP) is 3.62. The third-order valence-corrected chi connectivity index (χ3v) is 3.77. The summed E-state index contributed by atoms with van der Waals surface area (Å²) < 4.78 is 0.974. The largest absolute Gasteiger partial charge is 0.361 e. The van der Waals surface area contributed by atoms with Gasteiger partial charge in [0.2, 0.25) is 5.91 Å². The molecule has 0 saturated heterocycles. The molecule has 0 unspecified atom stereocenters. The van der Waals surface area contributed by atoms with Gasteiger partial charge in [-0.25, -0.2) is 5.43 Å². The van der Waals surface area contributed by atoms with Crippen LogP contribution in [-0.2, 0) is 11.2 Å². The number of fused-ring (bicyclic) bond motifs is 1. The molecule has 2 N–H and O–H groups in total. The van der Waals surface area contributed by atoms with E-state index in [1.807, 2.05) is 54.7 Å². The Morgan fingerprint density at radius 3 is 2.95 bits per heavy atom. The van der Waals surface area contributed by atoms with E-state index in [1.165, 1.54) is 0 Å². The monoisotopic (exact) mass is 355 g/mol. The molecule has 0 saturated carbocycles. The van der Waals surface area contributed by atoms with Crippen LogP contribution in [0.5, 0.6) is 0 Å². The van der Waals surface area contributed by atoms with Crippen LogP contribution in [0.4, 0.5) is 0 Å². The van der Waals surface area contributed by atoms with Crippen LogP contribution in [0.15, 0.2) is 64.3 Å². The highest BCUT2D eigenvalue weighted by Crippen LogP contribution is 2.17. The molecule has 4 nitrogen and oxygen atoms in total. The van der Waals surface area contributed by atoms with Crippen molar-refractivity contribution in [2.75, 3.05) is 0 Å². The van der Waals surface area contributed by atoms with E-state index < -0.39 is 0 Å². The van der Waals surface area contributed by atoms with Crippen molar-refractivity contribution in [3.8, 4) is 0 Å². The highest BCUT2D eigenvalue weighted by atomic mass is 79.9. The van der Waals surface area contributed by atoms with Gasteiger partial charge >= 0.3 is 0 Å². The van der Waals surface area contributed by atoms with Gasteiger partial charge in [0, 0.05) is 21.6 Å². The fourth-order valence-electron chi connectivity index (χ4n) is 2.26. The molecule has 0 fully saturated rings. The number of nitrogens with one attached hydrogen (secondary N) is 2. The first kappa shape index (κ1) is 14.5. The lowest BCUT2D eigenvalue weighted by molar-refractivity contribution is -0.120. The van der Waals surface area contributed by atoms with Crippen molar-refractivity contribution in [3.63, 3.8) is 0 Å². The van der Waals surface area contributed by atoms with Crippen molar-refractivity contribution in [3.05, 3.63) is 70.3 Å². The molecule has 5 heteroatoms. The molecule has 3 rings (SSSR count). The molecule has 1 amide bonds. The molecule has 22 heavy (non-hydrogen) atoms. The number of rotatable bonds is 4. The normalized spacial score (nSPS) is 11.1. The van der Waals surface area contributed by atoms with Gasteiger partial charge < -0.3 is 4.98 Å². The van der Waals surface area contributed by atoms with Crippen molar-refractivity contribution < 1.29 is 4.79 Å². The SMILES string of the molecule is O=C(Cc1c[nH]c2ccccc12)NN=Cc1cccc(Br)c1. The van der Waals surface area contributed by atoms with Crippen LogP contribution in [0.25, 0.3) is 10.9 Å². The number of hydrogen-bond acceptors (Lipinski definition) is 2. The summed E-state index contributed by atoms with van der Waals surface area (Å²) in [5, 5.41) is 5.05. The minimum atomic E-state index is -0.143. The molecule has 0 atom stereocenters. The van der Waals surface area contributed by atoms with E-state index in [9.17, 15) is 4.79 Å². The topological polar surface area (TPSA) is 57.2 Å². The van der Waals surface area contributed by atoms with Gasteiger partial charge in [0.25, 0.3) is 0 Å². The van der Waals surface area contributed by atoms with Gasteiger partial charge in [-0.15, -0.1) is 0 Å². The molecule has 0 radical (unpaired) electrons. The molecule has 0 bridgehead atoms. The highest BCUT2D eigenvalue weighted by Gasteiger charge is 2.07. The number of H-pyrrole nitrogens is 1. The minimum absolute atomic E-state index is 0.143. The molecule has 0 aliphatic carbocycles. The van der Waals surface area contributed by atoms with Crippen LogP contribution in [0.2, 0.25) is 0 Å². The summed E-state index contributed by atoms with van der Waals surface area (Å²) in [6.07, 6.45) is 3.78. The molecule has 0 aliphatic heterocycles. The van der Waals surface area contributed by atoms with E-state index in [0.717, 1.165) is 26.5 Å². The van der Waals surface area contributed by atoms with Crippen LogP contribution >= 0.6 is 15.9 Å². The summed E-state index contributed by atoms with van der Waals surface area (Å²) in [7, 11) is 0. The van der Waals surface area contributed by atoms with E-state index in [-0.39, 0.29) is 5.91 Å². The number of halogens is 1. The summed E-state index contributed by atoms with van der Waals surface area (Å²) >= 11 is 3.39. The standard InChI is InChI=1S/C17H14BrN3O/c18-14-5-3-4-12(8-14)10-20-21-17(22)9-13-11-19-16-7-2-1-6-15(13)16/h1-8,10-11,19H,9H2,(H,21,22). The van der Waals surface area contributed by atoms with Gasteiger partial charge in [0.15, 0.2) is 0 Å². The van der Waals surface area contributed by atoms with Crippen molar-refractivity contribution in [1.82, 2.24) is 10.4 Å². The van der Waals surface area contributed by atoms with Crippen LogP contribution in [-0.4, -0.2) is 17.1 Å². The smallest absolute Gasteiger partial charge is 0.244 e. The van der Waals surface area contributed by atoms with Crippen molar-refractivity contribution in [1.29, 1.82) is 0 Å². The molecule has 3 aromatic rings. The van der Waals surface area contributed by atoms with Gasteiger partial charge in [-0.3, -0.25) is 4.79 Å². The summed E-state index contributed by atoms with van der Waals surface area (Å²) in [6, 6.07) is 15.6. The maximum absolute atomic E-state index is 12.0. The summed E-state index contributed by atoms with van der Waals surface area (Å²) in [5.41, 5.74) is 5.47. The zero-order valence-electron chi connectivity index (χ0n) is 11.7. The Morgan fingerprint density at radius 2 is 2.09 bits per heavy atom. The first-order chi connectivity index (χ1) is 10.7. The first-order valence-corrected chi connectivity index (χ1v) is 7.64. The number of aromatic amines is 1. The Hall–Kier alpha value is -2.40. The number of carbonyl (C=O) groups excluding carboxylic acids is 1. The lowest BCUT2D eigenvalue weighted by atomic mass is 10.1. The Balaban J connectivity index is 1.63. The molecular weight excluding hydrogens is 342 g/mol. The van der Waals surface area contributed by atoms with E-state index in [2.05, 4.69) is 31.4 Å². The Kier molecular flexibility index (Phi) is 4.34. The fraction of sp³-hybridized carbons (Fsp3) is 0.0588. The van der Waals surface area contributed by atoms with Crippen LogP contribution in [0.3, 0.4) is 0 Å². The second-order valence-corrected chi connectivity index (χ2v) is 5.80. The van der Waals surface area contributed by atoms with Crippen LogP contribution in [0.1, 0.15) is 11.1 Å². The summed E-state index contributed by atoms with van der Waals surface area (Å²) in [6.45, 7) is 0. The zero-order chi connectivity index (χ0) is 15.4. The predicted molar refractivity (Wildman–Crippen MR) is 91.9 cm³/mol. The molecular formula is C17H14BrN3O. The minimum Gasteiger partial charge on any atom is -0.361 e. The van der Waals surface area contributed by atoms with Gasteiger partial charge in [0.05, 0.1) is 12.6 Å². The average molecular weight is 356 g/mol. The molecule has 2 aromatic carbocycles. The Morgan fingerprint density at radius 1 is 1.23 bits per heavy atom. The molecule has 1 aromatic heterocycles. The molecule has 1 heterocycles. The molecule has 0 spiro atoms. The van der Waals surface area contributed by atoms with E-state index in [1.54, 1.807) is 6.21 Å². The van der Waals surface area contributed by atoms with Gasteiger partial charge in [0.1, 0.15) is 0 Å². The van der Waals surface area contributed by atoms with E-state index in [4.69, 9.17) is 0 Å². The summed E-state index contributed by atoms with van der Waals surface area (Å²) in [5.74, 6) is -0.143. The number of nitrogens with zero attached hydrogens (tertiary/aromatic N) is 1. The number of carbonyl (C=O) groups is 1. The quantitative estimate of drug-likeness (QED) is 0.544. The number of amides is 1.